The molecule has 25 heavy (non-hydrogen) atoms. The first-order valence-corrected chi connectivity index (χ1v) is 7.43. The Morgan fingerprint density at radius 1 is 1.32 bits per heavy atom. The Kier molecular flexibility index (Phi) is 5.16. The SMILES string of the molecule is Cc1cc(C(=O)OCC(=O)Nc2c(C)nn(C)c2C)ccc1[N+](=O)[O-]. The normalized spacial score (nSPS) is 10.4. The quantitative estimate of drug-likeness (QED) is 0.503. The number of carbonyl (C=O) groups excluding carboxylic acids is 2. The van der Waals surface area contributed by atoms with Crippen molar-refractivity contribution in [1.29, 1.82) is 0 Å². The molecule has 0 radical (unpaired) electrons. The molecule has 0 saturated heterocycles. The Morgan fingerprint density at radius 2 is 2.00 bits per heavy atom. The van der Waals surface area contributed by atoms with Gasteiger partial charge in [-0.25, -0.2) is 4.79 Å². The summed E-state index contributed by atoms with van der Waals surface area (Å²) >= 11 is 0. The lowest BCUT2D eigenvalue weighted by Crippen LogP contribution is -2.21. The number of anilines is 1. The maximum atomic E-state index is 12.0. The standard InChI is InChI=1S/C16H18N4O5/c1-9-7-12(5-6-13(9)20(23)24)16(22)25-8-14(21)17-15-10(2)18-19(4)11(15)3/h5-7H,8H2,1-4H3,(H,17,21). The number of rotatable bonds is 5. The lowest BCUT2D eigenvalue weighted by atomic mass is 10.1. The van der Waals surface area contributed by atoms with Gasteiger partial charge in [-0.05, 0) is 32.9 Å². The average Bonchev–Trinajstić information content (AvgIpc) is 2.78. The van der Waals surface area contributed by atoms with Crippen LogP contribution in [0.5, 0.6) is 0 Å². The van der Waals surface area contributed by atoms with Gasteiger partial charge in [-0.2, -0.15) is 5.10 Å². The van der Waals surface area contributed by atoms with Crippen molar-refractivity contribution in [3.63, 3.8) is 0 Å². The van der Waals surface area contributed by atoms with Gasteiger partial charge < -0.3 is 10.1 Å². The number of esters is 1. The van der Waals surface area contributed by atoms with Crippen LogP contribution >= 0.6 is 0 Å². The zero-order valence-electron chi connectivity index (χ0n) is 14.3. The molecule has 2 rings (SSSR count). The monoisotopic (exact) mass is 346 g/mol. The third-order valence-electron chi connectivity index (χ3n) is 3.74. The summed E-state index contributed by atoms with van der Waals surface area (Å²) in [6.07, 6.45) is 0. The van der Waals surface area contributed by atoms with Gasteiger partial charge in [0.15, 0.2) is 6.61 Å². The van der Waals surface area contributed by atoms with Gasteiger partial charge in [0.05, 0.1) is 27.6 Å². The zero-order valence-corrected chi connectivity index (χ0v) is 14.3. The summed E-state index contributed by atoms with van der Waals surface area (Å²) in [4.78, 5) is 34.2. The summed E-state index contributed by atoms with van der Waals surface area (Å²) in [5.41, 5.74) is 2.41. The molecule has 0 spiro atoms. The number of nitrogens with zero attached hydrogens (tertiary/aromatic N) is 3. The van der Waals surface area contributed by atoms with Crippen molar-refractivity contribution in [3.05, 3.63) is 50.8 Å². The molecule has 1 amide bonds. The number of aryl methyl sites for hydroxylation is 3. The molecule has 0 aliphatic carbocycles. The Labute approximate surface area is 143 Å². The van der Waals surface area contributed by atoms with Crippen LogP contribution in [0.1, 0.15) is 27.3 Å². The molecule has 0 fully saturated rings. The minimum Gasteiger partial charge on any atom is -0.452 e. The van der Waals surface area contributed by atoms with Crippen molar-refractivity contribution < 1.29 is 19.2 Å². The molecule has 0 aliphatic rings. The first-order chi connectivity index (χ1) is 11.7. The van der Waals surface area contributed by atoms with Crippen LogP contribution < -0.4 is 5.32 Å². The number of nitro groups is 1. The third kappa shape index (κ3) is 4.00. The van der Waals surface area contributed by atoms with E-state index in [-0.39, 0.29) is 11.3 Å². The molecule has 2 aromatic rings. The van der Waals surface area contributed by atoms with Crippen LogP contribution in [-0.2, 0) is 16.6 Å². The summed E-state index contributed by atoms with van der Waals surface area (Å²) in [5, 5.41) is 17.6. The highest BCUT2D eigenvalue weighted by Gasteiger charge is 2.17. The van der Waals surface area contributed by atoms with E-state index >= 15 is 0 Å². The molecule has 0 unspecified atom stereocenters. The highest BCUT2D eigenvalue weighted by atomic mass is 16.6. The zero-order chi connectivity index (χ0) is 18.7. The van der Waals surface area contributed by atoms with E-state index in [9.17, 15) is 19.7 Å². The van der Waals surface area contributed by atoms with E-state index in [0.29, 0.717) is 16.9 Å². The van der Waals surface area contributed by atoms with E-state index in [4.69, 9.17) is 4.74 Å². The van der Waals surface area contributed by atoms with E-state index < -0.39 is 23.4 Å². The maximum Gasteiger partial charge on any atom is 0.338 e. The van der Waals surface area contributed by atoms with Gasteiger partial charge >= 0.3 is 5.97 Å². The summed E-state index contributed by atoms with van der Waals surface area (Å²) in [7, 11) is 1.76. The Balaban J connectivity index is 1.99. The molecule has 0 saturated carbocycles. The van der Waals surface area contributed by atoms with E-state index in [1.165, 1.54) is 25.1 Å². The number of nitro benzene ring substituents is 1. The van der Waals surface area contributed by atoms with E-state index in [1.54, 1.807) is 25.6 Å². The molecule has 132 valence electrons. The van der Waals surface area contributed by atoms with Crippen LogP contribution in [0.4, 0.5) is 11.4 Å². The van der Waals surface area contributed by atoms with Crippen molar-refractivity contribution in [1.82, 2.24) is 9.78 Å². The second-order valence-corrected chi connectivity index (χ2v) is 5.55. The predicted octanol–water partition coefficient (Wildman–Crippen LogP) is 2.05. The molecule has 1 N–H and O–H groups in total. The highest BCUT2D eigenvalue weighted by molar-refractivity contribution is 5.96. The summed E-state index contributed by atoms with van der Waals surface area (Å²) in [5.74, 6) is -1.22. The van der Waals surface area contributed by atoms with Crippen LogP contribution in [0.2, 0.25) is 0 Å². The van der Waals surface area contributed by atoms with E-state index in [0.717, 1.165) is 5.69 Å². The van der Waals surface area contributed by atoms with Gasteiger partial charge in [-0.15, -0.1) is 0 Å². The molecule has 9 heteroatoms. The van der Waals surface area contributed by atoms with Crippen molar-refractivity contribution in [2.45, 2.75) is 20.8 Å². The van der Waals surface area contributed by atoms with Gasteiger partial charge in [0, 0.05) is 18.7 Å². The van der Waals surface area contributed by atoms with Crippen molar-refractivity contribution in [2.24, 2.45) is 7.05 Å². The predicted molar refractivity (Wildman–Crippen MR) is 89.4 cm³/mol. The van der Waals surface area contributed by atoms with Gasteiger partial charge in [0.1, 0.15) is 0 Å². The minimum absolute atomic E-state index is 0.0863. The number of benzene rings is 1. The smallest absolute Gasteiger partial charge is 0.338 e. The molecule has 0 bridgehead atoms. The largest absolute Gasteiger partial charge is 0.452 e. The number of hydrogen-bond acceptors (Lipinski definition) is 6. The van der Waals surface area contributed by atoms with Crippen LogP contribution in [0, 0.1) is 30.9 Å². The molecule has 1 aromatic carbocycles. The summed E-state index contributed by atoms with van der Waals surface area (Å²) in [6.45, 7) is 4.62. The number of hydrogen-bond donors (Lipinski definition) is 1. The van der Waals surface area contributed by atoms with Crippen LogP contribution in [-0.4, -0.2) is 33.2 Å². The molecule has 1 aromatic heterocycles. The topological polar surface area (TPSA) is 116 Å². The molecular weight excluding hydrogens is 328 g/mol. The first-order valence-electron chi connectivity index (χ1n) is 7.43. The van der Waals surface area contributed by atoms with Crippen LogP contribution in [0.15, 0.2) is 18.2 Å². The van der Waals surface area contributed by atoms with Crippen molar-refractivity contribution >= 4 is 23.3 Å². The Hall–Kier alpha value is -3.23. The lowest BCUT2D eigenvalue weighted by Gasteiger charge is -2.07. The maximum absolute atomic E-state index is 12.0. The fourth-order valence-electron chi connectivity index (χ4n) is 2.33. The van der Waals surface area contributed by atoms with Gasteiger partial charge in [-0.1, -0.05) is 0 Å². The fraction of sp³-hybridized carbons (Fsp3) is 0.312. The fourth-order valence-corrected chi connectivity index (χ4v) is 2.33. The number of amides is 1. The van der Waals surface area contributed by atoms with Gasteiger partial charge in [0.2, 0.25) is 0 Å². The number of carbonyl (C=O) groups is 2. The summed E-state index contributed by atoms with van der Waals surface area (Å²) < 4.78 is 6.59. The molecule has 9 nitrogen and oxygen atoms in total. The van der Waals surface area contributed by atoms with Crippen LogP contribution in [0.25, 0.3) is 0 Å². The molecular formula is C16H18N4O5. The van der Waals surface area contributed by atoms with Gasteiger partial charge in [-0.3, -0.25) is 19.6 Å². The lowest BCUT2D eigenvalue weighted by molar-refractivity contribution is -0.385. The average molecular weight is 346 g/mol. The Bertz CT molecular complexity index is 856. The van der Waals surface area contributed by atoms with Crippen molar-refractivity contribution in [3.8, 4) is 0 Å². The second-order valence-electron chi connectivity index (χ2n) is 5.55. The van der Waals surface area contributed by atoms with E-state index in [1.807, 2.05) is 0 Å². The van der Waals surface area contributed by atoms with Crippen molar-refractivity contribution in [2.75, 3.05) is 11.9 Å². The Morgan fingerprint density at radius 3 is 2.52 bits per heavy atom. The number of nitrogens with one attached hydrogen (secondary N) is 1. The third-order valence-corrected chi connectivity index (χ3v) is 3.74. The molecule has 0 aliphatic heterocycles. The first kappa shape index (κ1) is 18.1. The van der Waals surface area contributed by atoms with E-state index in [2.05, 4.69) is 10.4 Å². The van der Waals surface area contributed by atoms with Crippen LogP contribution in [0.3, 0.4) is 0 Å². The highest BCUT2D eigenvalue weighted by Crippen LogP contribution is 2.20. The number of ether oxygens (including phenoxy) is 1. The summed E-state index contributed by atoms with van der Waals surface area (Å²) in [6, 6.07) is 3.88. The number of aromatic nitrogens is 2. The molecule has 0 atom stereocenters. The molecule has 1 heterocycles. The van der Waals surface area contributed by atoms with Gasteiger partial charge in [0.25, 0.3) is 11.6 Å². The minimum atomic E-state index is -0.729. The second kappa shape index (κ2) is 7.12.